The lowest BCUT2D eigenvalue weighted by Crippen LogP contribution is -2.30. The molecule has 1 aromatic heterocycles. The van der Waals surface area contributed by atoms with Crippen LogP contribution in [0.5, 0.6) is 0 Å². The second kappa shape index (κ2) is 8.63. The van der Waals surface area contributed by atoms with Gasteiger partial charge in [-0.3, -0.25) is 9.59 Å². The van der Waals surface area contributed by atoms with Crippen LogP contribution < -0.4 is 16.0 Å². The summed E-state index contributed by atoms with van der Waals surface area (Å²) in [6.45, 7) is -0.533. The smallest absolute Gasteiger partial charge is 0.325 e. The van der Waals surface area contributed by atoms with Crippen LogP contribution in [-0.2, 0) is 16.1 Å². The summed E-state index contributed by atoms with van der Waals surface area (Å²) in [7, 11) is 3.48. The van der Waals surface area contributed by atoms with Crippen LogP contribution in [-0.4, -0.2) is 47.5 Å². The minimum absolute atomic E-state index is 0.0164. The number of carbonyl (C=O) groups excluding carboxylic acids is 2. The average Bonchev–Trinajstić information content (AvgIpc) is 2.59. The molecule has 2 rings (SSSR count). The normalized spacial score (nSPS) is 10.3. The number of carbonyl (C=O) groups is 2. The number of esters is 1. The number of hydrogen-bond donors (Lipinski definition) is 2. The molecule has 0 fully saturated rings. The van der Waals surface area contributed by atoms with Crippen LogP contribution in [0.1, 0.15) is 16.2 Å². The molecule has 26 heavy (non-hydrogen) atoms. The molecule has 1 heterocycles. The third-order valence-electron chi connectivity index (χ3n) is 3.02. The van der Waals surface area contributed by atoms with E-state index in [4.69, 9.17) is 33.7 Å². The Morgan fingerprint density at radius 1 is 1.19 bits per heavy atom. The van der Waals surface area contributed by atoms with Crippen LogP contribution in [0.25, 0.3) is 0 Å². The number of benzene rings is 1. The number of anilines is 2. The number of nitrogens with two attached hydrogens (primary N) is 1. The predicted octanol–water partition coefficient (Wildman–Crippen LogP) is 1.30. The molecule has 0 saturated carbocycles. The van der Waals surface area contributed by atoms with Crippen molar-refractivity contribution in [3.63, 3.8) is 0 Å². The number of halogens is 2. The molecule has 0 unspecified atom stereocenters. The number of ether oxygens (including phenoxy) is 1. The molecule has 9 nitrogen and oxygen atoms in total. The summed E-state index contributed by atoms with van der Waals surface area (Å²) in [5.41, 5.74) is 5.85. The van der Waals surface area contributed by atoms with Gasteiger partial charge in [-0.2, -0.15) is 15.0 Å². The van der Waals surface area contributed by atoms with Gasteiger partial charge < -0.3 is 20.7 Å². The van der Waals surface area contributed by atoms with Crippen LogP contribution in [0.2, 0.25) is 10.0 Å². The number of hydrogen-bond acceptors (Lipinski definition) is 8. The fourth-order valence-corrected chi connectivity index (χ4v) is 2.08. The van der Waals surface area contributed by atoms with Gasteiger partial charge in [0.1, 0.15) is 6.54 Å². The van der Waals surface area contributed by atoms with Gasteiger partial charge in [0.25, 0.3) is 5.91 Å². The van der Waals surface area contributed by atoms with Gasteiger partial charge in [0.15, 0.2) is 12.4 Å². The quantitative estimate of drug-likeness (QED) is 0.697. The van der Waals surface area contributed by atoms with Gasteiger partial charge in [-0.25, -0.2) is 0 Å². The predicted molar refractivity (Wildman–Crippen MR) is 97.2 cm³/mol. The Bertz CT molecular complexity index is 831. The maximum Gasteiger partial charge on any atom is 0.325 e. The third kappa shape index (κ3) is 5.43. The molecule has 1 amide bonds. The van der Waals surface area contributed by atoms with Gasteiger partial charge in [0.05, 0.1) is 10.0 Å². The Balaban J connectivity index is 1.87. The fraction of sp³-hybridized carbons (Fsp3) is 0.267. The summed E-state index contributed by atoms with van der Waals surface area (Å²) in [5.74, 6) is -0.590. The van der Waals surface area contributed by atoms with Crippen molar-refractivity contribution in [2.45, 2.75) is 6.61 Å². The van der Waals surface area contributed by atoms with E-state index in [9.17, 15) is 9.59 Å². The molecule has 0 saturated heterocycles. The molecule has 1 aromatic carbocycles. The summed E-state index contributed by atoms with van der Waals surface area (Å²) in [5, 5.41) is 2.99. The first-order valence-electron chi connectivity index (χ1n) is 7.33. The molecule has 11 heteroatoms. The van der Waals surface area contributed by atoms with E-state index in [2.05, 4.69) is 20.3 Å². The van der Waals surface area contributed by atoms with E-state index in [-0.39, 0.29) is 35.5 Å². The van der Waals surface area contributed by atoms with Gasteiger partial charge >= 0.3 is 5.97 Å². The van der Waals surface area contributed by atoms with E-state index in [1.54, 1.807) is 19.0 Å². The van der Waals surface area contributed by atoms with Gasteiger partial charge in [-0.15, -0.1) is 0 Å². The molecule has 0 aliphatic carbocycles. The zero-order valence-electron chi connectivity index (χ0n) is 14.0. The van der Waals surface area contributed by atoms with Crippen molar-refractivity contribution in [3.05, 3.63) is 39.6 Å². The van der Waals surface area contributed by atoms with E-state index in [0.29, 0.717) is 11.0 Å². The molecule has 138 valence electrons. The average molecular weight is 399 g/mol. The molecular weight excluding hydrogens is 383 g/mol. The highest BCUT2D eigenvalue weighted by molar-refractivity contribution is 6.42. The van der Waals surface area contributed by atoms with E-state index >= 15 is 0 Å². The Kier molecular flexibility index (Phi) is 6.53. The van der Waals surface area contributed by atoms with Crippen LogP contribution in [0.3, 0.4) is 0 Å². The van der Waals surface area contributed by atoms with Crippen LogP contribution in [0.4, 0.5) is 11.9 Å². The van der Waals surface area contributed by atoms with Crippen molar-refractivity contribution in [2.24, 2.45) is 0 Å². The summed E-state index contributed by atoms with van der Waals surface area (Å²) in [6, 6.07) is 4.39. The summed E-state index contributed by atoms with van der Waals surface area (Å²) in [6.07, 6.45) is 0. The monoisotopic (exact) mass is 398 g/mol. The van der Waals surface area contributed by atoms with Crippen LogP contribution in [0, 0.1) is 0 Å². The second-order valence-corrected chi connectivity index (χ2v) is 6.09. The van der Waals surface area contributed by atoms with Crippen molar-refractivity contribution in [1.82, 2.24) is 20.3 Å². The van der Waals surface area contributed by atoms with Gasteiger partial charge in [0, 0.05) is 19.7 Å². The maximum absolute atomic E-state index is 12.0. The number of amides is 1. The number of nitrogen functional groups attached to an aromatic ring is 1. The Morgan fingerprint density at radius 2 is 1.92 bits per heavy atom. The van der Waals surface area contributed by atoms with Gasteiger partial charge in [0.2, 0.25) is 11.9 Å². The fourth-order valence-electron chi connectivity index (χ4n) is 1.78. The van der Waals surface area contributed by atoms with Crippen molar-refractivity contribution in [2.75, 3.05) is 31.3 Å². The topological polar surface area (TPSA) is 123 Å². The lowest BCUT2D eigenvalue weighted by atomic mass is 10.2. The van der Waals surface area contributed by atoms with E-state index in [1.807, 2.05) is 0 Å². The van der Waals surface area contributed by atoms with Crippen molar-refractivity contribution < 1.29 is 14.3 Å². The van der Waals surface area contributed by atoms with Crippen molar-refractivity contribution in [1.29, 1.82) is 0 Å². The minimum atomic E-state index is -0.663. The zero-order valence-corrected chi connectivity index (χ0v) is 15.5. The van der Waals surface area contributed by atoms with Crippen molar-refractivity contribution >= 4 is 47.0 Å². The molecule has 0 atom stereocenters. The molecular formula is C15H16Cl2N6O3. The Labute approximate surface area is 159 Å². The lowest BCUT2D eigenvalue weighted by molar-refractivity contribution is -0.143. The Hall–Kier alpha value is -2.65. The van der Waals surface area contributed by atoms with Crippen LogP contribution in [0.15, 0.2) is 18.2 Å². The Morgan fingerprint density at radius 3 is 2.58 bits per heavy atom. The van der Waals surface area contributed by atoms with E-state index in [0.717, 1.165) is 0 Å². The lowest BCUT2D eigenvalue weighted by Gasteiger charge is -2.11. The van der Waals surface area contributed by atoms with Crippen LogP contribution >= 0.6 is 23.2 Å². The minimum Gasteiger partial charge on any atom is -0.456 e. The molecule has 0 spiro atoms. The molecule has 0 aliphatic heterocycles. The van der Waals surface area contributed by atoms with Gasteiger partial charge in [-0.05, 0) is 18.2 Å². The standard InChI is InChI=1S/C15H16Cl2N6O3/c1-23(2)15-21-11(20-14(18)22-15)7-26-12(24)6-19-13(25)8-3-4-9(16)10(17)5-8/h3-5H,6-7H2,1-2H3,(H,19,25)(H2,18,20,21,22). The summed E-state index contributed by atoms with van der Waals surface area (Å²) in [4.78, 5) is 37.3. The van der Waals surface area contributed by atoms with Crippen molar-refractivity contribution in [3.8, 4) is 0 Å². The maximum atomic E-state index is 12.0. The molecule has 0 aliphatic rings. The largest absolute Gasteiger partial charge is 0.456 e. The number of rotatable bonds is 6. The molecule has 0 bridgehead atoms. The summed E-state index contributed by atoms with van der Waals surface area (Å²) >= 11 is 11.6. The first-order valence-corrected chi connectivity index (χ1v) is 8.08. The second-order valence-electron chi connectivity index (χ2n) is 5.28. The third-order valence-corrected chi connectivity index (χ3v) is 3.76. The SMILES string of the molecule is CN(C)c1nc(N)nc(COC(=O)CNC(=O)c2ccc(Cl)c(Cl)c2)n1. The highest BCUT2D eigenvalue weighted by atomic mass is 35.5. The number of nitrogens with one attached hydrogen (secondary N) is 1. The number of aromatic nitrogens is 3. The molecule has 2 aromatic rings. The first-order chi connectivity index (χ1) is 12.3. The summed E-state index contributed by atoms with van der Waals surface area (Å²) < 4.78 is 5.02. The molecule has 0 radical (unpaired) electrons. The molecule has 3 N–H and O–H groups in total. The zero-order chi connectivity index (χ0) is 19.3. The number of nitrogens with zero attached hydrogens (tertiary/aromatic N) is 4. The highest BCUT2D eigenvalue weighted by Crippen LogP contribution is 2.22. The van der Waals surface area contributed by atoms with Gasteiger partial charge in [-0.1, -0.05) is 23.2 Å². The van der Waals surface area contributed by atoms with E-state index in [1.165, 1.54) is 18.2 Å². The first kappa shape index (κ1) is 19.7. The van der Waals surface area contributed by atoms with E-state index < -0.39 is 11.9 Å². The highest BCUT2D eigenvalue weighted by Gasteiger charge is 2.12.